The molecule has 0 unspecified atom stereocenters. The summed E-state index contributed by atoms with van der Waals surface area (Å²) in [6, 6.07) is 0. The molecule has 16 nitrogen and oxygen atoms in total. The maximum Gasteiger partial charge on any atom is 3.00 e. The average Bonchev–Trinajstić information content (AvgIpc) is 3.05. The monoisotopic (exact) mass is 1570 g/mol. The standard InChI is InChI=1S/14CH4O.2Cl2.8ClH.4Er.2H2O/c16*1-2;;;;;;;;;;;;;;/h14*2H,1H3;;;8*1H;;;;;2*1H2/q;;;;;;;;;;;;;;;;;;;;;;;;;;2*+3;;/p-10. The Bertz CT molecular complexity index is 85.8. The van der Waals surface area contributed by atoms with E-state index < -0.39 is 0 Å². The quantitative estimate of drug-likeness (QED) is 0.107. The molecule has 0 aromatic rings. The molecule has 0 saturated carbocycles. The molecule has 0 aliphatic heterocycles. The van der Waals surface area contributed by atoms with Gasteiger partial charge < -0.3 is 182 Å². The van der Waals surface area contributed by atoms with E-state index in [1.54, 1.807) is 0 Å². The van der Waals surface area contributed by atoms with E-state index in [0.29, 0.717) is 0 Å². The second-order valence-electron chi connectivity index (χ2n) is 0. The molecular formula is C14H58Cl12Er4O16-4. The molecule has 0 aromatic heterocycles. The Hall–Kier alpha value is 7.83. The van der Waals surface area contributed by atoms with Crippen molar-refractivity contribution in [2.75, 3.05) is 99.5 Å². The normalized spacial score (nSPS) is 2.09. The predicted octanol–water partition coefficient (Wildman–Crippen LogP) is -27.0. The van der Waals surface area contributed by atoms with Crippen molar-refractivity contribution >= 4 is 43.4 Å². The van der Waals surface area contributed by atoms with Crippen LogP contribution < -0.4 is 99.3 Å². The van der Waals surface area contributed by atoms with Gasteiger partial charge in [0, 0.05) is 218 Å². The number of aliphatic hydroxyl groups excluding tert-OH is 14. The summed E-state index contributed by atoms with van der Waals surface area (Å²) in [5.74, 6) is 0. The first-order chi connectivity index (χ1) is 16.0. The Balaban J connectivity index is -0.00000000208. The SMILES string of the molecule is CO.CO.CO.CO.CO.CO.CO.CO.CO.CO.CO.CO.CO.CO.ClCl.ClCl.[Cl-].[Cl-].[Cl-].[Cl-].[Cl-].[Cl-].[Cl-].[Cl-].[Er+3].[Er+3].[Er].[Er].[OH-].[OH-]. The zero-order chi connectivity index (χ0) is 32.0. The van der Waals surface area contributed by atoms with Gasteiger partial charge in [-0.25, -0.2) is 0 Å². The zero-order valence-electron chi connectivity index (χ0n) is 26.8. The molecule has 0 heterocycles. The molecular weight excluding hydrogens is 1520 g/mol. The van der Waals surface area contributed by atoms with Crippen molar-refractivity contribution < 1.29 is 331 Å². The maximum absolute atomic E-state index is 7.00. The first kappa shape index (κ1) is 265. The van der Waals surface area contributed by atoms with Gasteiger partial charge in [-0.05, 0) is 0 Å². The second-order valence-corrected chi connectivity index (χ2v) is 0. The van der Waals surface area contributed by atoms with E-state index >= 15 is 0 Å². The van der Waals surface area contributed by atoms with Gasteiger partial charge in [0.15, 0.2) is 0 Å². The molecule has 0 amide bonds. The van der Waals surface area contributed by atoms with Crippen molar-refractivity contribution in [1.29, 1.82) is 0 Å². The van der Waals surface area contributed by atoms with Crippen molar-refractivity contribution in [2.45, 2.75) is 0 Å². The summed E-state index contributed by atoms with van der Waals surface area (Å²) in [7, 11) is 30.4. The molecule has 0 fully saturated rings. The van der Waals surface area contributed by atoms with Crippen LogP contribution in [0.1, 0.15) is 0 Å². The van der Waals surface area contributed by atoms with Gasteiger partial charge in [-0.3, -0.25) is 0 Å². The van der Waals surface area contributed by atoms with Gasteiger partial charge in [0.1, 0.15) is 0 Å². The molecule has 0 aromatic carbocycles. The fourth-order valence-electron chi connectivity index (χ4n) is 0. The van der Waals surface area contributed by atoms with Crippen molar-refractivity contribution in [2.24, 2.45) is 0 Å². The Labute approximate surface area is 465 Å². The van der Waals surface area contributed by atoms with E-state index in [4.69, 9.17) is 71.5 Å². The number of aliphatic hydroxyl groups is 14. The summed E-state index contributed by atoms with van der Waals surface area (Å²) in [5, 5.41) is 98.0. The van der Waals surface area contributed by atoms with Crippen molar-refractivity contribution in [3.8, 4) is 0 Å². The molecule has 0 atom stereocenters. The maximum atomic E-state index is 7.00. The first-order valence-electron chi connectivity index (χ1n) is 6.55. The Morgan fingerprint density at radius 2 is 0.196 bits per heavy atom. The second kappa shape index (κ2) is 2320. The van der Waals surface area contributed by atoms with Crippen LogP contribution >= 0.6 is 43.4 Å². The minimum absolute atomic E-state index is 0. The van der Waals surface area contributed by atoms with Gasteiger partial charge in [-0.1, -0.05) is 0 Å². The number of halogens is 12. The van der Waals surface area contributed by atoms with Gasteiger partial charge in [0.05, 0.1) is 0 Å². The predicted molar refractivity (Wildman–Crippen MR) is 141 cm³/mol. The van der Waals surface area contributed by atoms with Crippen molar-refractivity contribution in [3.05, 3.63) is 0 Å². The first-order valence-corrected chi connectivity index (χ1v) is 8.83. The molecule has 346 valence electrons. The van der Waals surface area contributed by atoms with Crippen molar-refractivity contribution in [3.63, 3.8) is 0 Å². The van der Waals surface area contributed by atoms with Crippen LogP contribution in [-0.4, -0.2) is 182 Å². The Morgan fingerprint density at radius 3 is 0.196 bits per heavy atom. The van der Waals surface area contributed by atoms with Crippen LogP contribution in [0.4, 0.5) is 0 Å². The minimum Gasteiger partial charge on any atom is -1.00 e. The molecule has 16 N–H and O–H groups in total. The van der Waals surface area contributed by atoms with E-state index in [2.05, 4.69) is 43.4 Å². The molecule has 0 aliphatic rings. The van der Waals surface area contributed by atoms with E-state index in [1.165, 1.54) is 0 Å². The van der Waals surface area contributed by atoms with Crippen LogP contribution in [-0.2, 0) is 0 Å². The minimum atomic E-state index is 0. The van der Waals surface area contributed by atoms with E-state index in [-0.39, 0.29) is 259 Å². The molecule has 0 saturated heterocycles. The van der Waals surface area contributed by atoms with Crippen LogP contribution in [0.25, 0.3) is 0 Å². The Morgan fingerprint density at radius 1 is 0.196 bits per heavy atom. The van der Waals surface area contributed by atoms with Crippen LogP contribution in [0.5, 0.6) is 0 Å². The largest absolute Gasteiger partial charge is 3.00 e. The summed E-state index contributed by atoms with van der Waals surface area (Å²) >= 11 is 0. The third-order valence-corrected chi connectivity index (χ3v) is 0. The van der Waals surface area contributed by atoms with Crippen LogP contribution in [0.2, 0.25) is 0 Å². The third kappa shape index (κ3) is 2190. The number of hydrogen-bond donors (Lipinski definition) is 14. The Kier molecular flexibility index (Phi) is 13300. The van der Waals surface area contributed by atoms with Gasteiger partial charge in [0.25, 0.3) is 0 Å². The smallest absolute Gasteiger partial charge is 1.00 e. The summed E-state index contributed by atoms with van der Waals surface area (Å²) < 4.78 is 0. The van der Waals surface area contributed by atoms with Crippen LogP contribution in [0, 0.1) is 149 Å². The topological polar surface area (TPSA) is 343 Å². The molecule has 0 aliphatic carbocycles. The summed E-state index contributed by atoms with van der Waals surface area (Å²) in [6.45, 7) is 0. The number of hydrogen-bond acceptors (Lipinski definition) is 16. The van der Waals surface area contributed by atoms with E-state index in [1.807, 2.05) is 0 Å². The molecule has 0 bridgehead atoms. The third-order valence-electron chi connectivity index (χ3n) is 0. The molecule has 2 radical (unpaired) electrons. The summed E-state index contributed by atoms with van der Waals surface area (Å²) in [4.78, 5) is 0. The fraction of sp³-hybridized carbons (Fsp3) is 1.00. The average molecular weight is 1580 g/mol. The van der Waals surface area contributed by atoms with Crippen LogP contribution in [0.15, 0.2) is 0 Å². The van der Waals surface area contributed by atoms with Crippen molar-refractivity contribution in [1.82, 2.24) is 0 Å². The van der Waals surface area contributed by atoms with Gasteiger partial charge >= 0.3 is 74.6 Å². The van der Waals surface area contributed by atoms with Gasteiger partial charge in [-0.2, -0.15) is 0 Å². The molecule has 32 heteroatoms. The molecule has 0 spiro atoms. The zero-order valence-corrected chi connectivity index (χ0v) is 43.3. The van der Waals surface area contributed by atoms with Gasteiger partial charge in [-0.15, -0.1) is 0 Å². The van der Waals surface area contributed by atoms with Gasteiger partial charge in [0.2, 0.25) is 0 Å². The summed E-state index contributed by atoms with van der Waals surface area (Å²) in [5.41, 5.74) is 0. The number of rotatable bonds is 0. The van der Waals surface area contributed by atoms with E-state index in [9.17, 15) is 0 Å². The molecule has 46 heavy (non-hydrogen) atoms. The van der Waals surface area contributed by atoms with Crippen LogP contribution in [0.3, 0.4) is 0 Å². The van der Waals surface area contributed by atoms with E-state index in [0.717, 1.165) is 99.5 Å². The molecule has 0 rings (SSSR count). The fourth-order valence-corrected chi connectivity index (χ4v) is 0. The summed E-state index contributed by atoms with van der Waals surface area (Å²) in [6.07, 6.45) is 0.